The van der Waals surface area contributed by atoms with Crippen LogP contribution in [0.4, 0.5) is 0 Å². The third-order valence-electron chi connectivity index (χ3n) is 4.85. The molecule has 0 radical (unpaired) electrons. The van der Waals surface area contributed by atoms with Crippen LogP contribution < -0.4 is 0 Å². The molecule has 0 saturated carbocycles. The normalized spacial score (nSPS) is 16.4. The summed E-state index contributed by atoms with van der Waals surface area (Å²) in [7, 11) is 0. The topological polar surface area (TPSA) is 42.4 Å². The van der Waals surface area contributed by atoms with Gasteiger partial charge in [0.2, 0.25) is 0 Å². The Morgan fingerprint density at radius 1 is 1.25 bits per heavy atom. The van der Waals surface area contributed by atoms with E-state index in [1.165, 1.54) is 19.4 Å². The van der Waals surface area contributed by atoms with Crippen LogP contribution in [0, 0.1) is 5.92 Å². The molecular formula is C20H26N2O2. The Bertz CT molecular complexity index is 673. The van der Waals surface area contributed by atoms with Crippen LogP contribution in [0.5, 0.6) is 0 Å². The Morgan fingerprint density at radius 2 is 2.04 bits per heavy atom. The maximum atomic E-state index is 12.4. The Balaban J connectivity index is 1.53. The second-order valence-electron chi connectivity index (χ2n) is 6.61. The monoisotopic (exact) mass is 326 g/mol. The average Bonchev–Trinajstić information content (AvgIpc) is 2.64. The number of esters is 1. The number of pyridine rings is 1. The van der Waals surface area contributed by atoms with Crippen molar-refractivity contribution in [2.75, 3.05) is 26.2 Å². The number of ether oxygens (including phenoxy) is 1. The van der Waals surface area contributed by atoms with E-state index in [1.54, 1.807) is 12.3 Å². The van der Waals surface area contributed by atoms with Crippen molar-refractivity contribution in [2.24, 2.45) is 5.92 Å². The zero-order valence-electron chi connectivity index (χ0n) is 14.4. The van der Waals surface area contributed by atoms with Crippen molar-refractivity contribution in [3.05, 3.63) is 42.1 Å². The van der Waals surface area contributed by atoms with Crippen LogP contribution in [-0.4, -0.2) is 42.1 Å². The number of piperidine rings is 1. The van der Waals surface area contributed by atoms with Crippen LogP contribution in [0.3, 0.4) is 0 Å². The number of carbonyl (C=O) groups excluding carboxylic acids is 1. The number of benzene rings is 1. The lowest BCUT2D eigenvalue weighted by atomic mass is 9.97. The van der Waals surface area contributed by atoms with E-state index in [2.05, 4.69) is 16.8 Å². The van der Waals surface area contributed by atoms with Gasteiger partial charge in [0.1, 0.15) is 0 Å². The Kier molecular flexibility index (Phi) is 5.81. The van der Waals surface area contributed by atoms with Gasteiger partial charge in [-0.25, -0.2) is 4.79 Å². The number of fused-ring (bicyclic) bond motifs is 1. The highest BCUT2D eigenvalue weighted by atomic mass is 16.5. The van der Waals surface area contributed by atoms with Crippen LogP contribution in [0.2, 0.25) is 0 Å². The highest BCUT2D eigenvalue weighted by molar-refractivity contribution is 6.03. The van der Waals surface area contributed by atoms with Crippen LogP contribution in [-0.2, 0) is 4.74 Å². The fraction of sp³-hybridized carbons (Fsp3) is 0.500. The molecule has 0 bridgehead atoms. The highest BCUT2D eigenvalue weighted by Gasteiger charge is 2.21. The molecule has 128 valence electrons. The Labute approximate surface area is 143 Å². The van der Waals surface area contributed by atoms with Crippen molar-refractivity contribution in [3.8, 4) is 0 Å². The smallest absolute Gasteiger partial charge is 0.338 e. The zero-order chi connectivity index (χ0) is 16.8. The molecule has 1 aliphatic heterocycles. The number of para-hydroxylation sites is 1. The summed E-state index contributed by atoms with van der Waals surface area (Å²) in [4.78, 5) is 19.3. The maximum Gasteiger partial charge on any atom is 0.338 e. The molecule has 0 aliphatic carbocycles. The quantitative estimate of drug-likeness (QED) is 0.755. The SMILES string of the molecule is CCCCN1CCC(COC(=O)c2ccnc3ccccc23)CC1. The molecule has 4 nitrogen and oxygen atoms in total. The number of hydrogen-bond acceptors (Lipinski definition) is 4. The lowest BCUT2D eigenvalue weighted by Crippen LogP contribution is -2.36. The summed E-state index contributed by atoms with van der Waals surface area (Å²) in [5, 5.41) is 0.861. The van der Waals surface area contributed by atoms with Gasteiger partial charge in [0.05, 0.1) is 17.7 Å². The van der Waals surface area contributed by atoms with E-state index in [1.807, 2.05) is 24.3 Å². The number of carbonyl (C=O) groups is 1. The van der Waals surface area contributed by atoms with E-state index in [9.17, 15) is 4.79 Å². The predicted octanol–water partition coefficient (Wildman–Crippen LogP) is 3.90. The minimum Gasteiger partial charge on any atom is -0.462 e. The molecule has 0 atom stereocenters. The van der Waals surface area contributed by atoms with Gasteiger partial charge in [0, 0.05) is 11.6 Å². The summed E-state index contributed by atoms with van der Waals surface area (Å²) in [6, 6.07) is 9.44. The van der Waals surface area contributed by atoms with Gasteiger partial charge in [-0.2, -0.15) is 0 Å². The first-order valence-electron chi connectivity index (χ1n) is 9.01. The fourth-order valence-corrected chi connectivity index (χ4v) is 3.30. The molecule has 0 unspecified atom stereocenters. The number of nitrogens with zero attached hydrogens (tertiary/aromatic N) is 2. The van der Waals surface area contributed by atoms with Gasteiger partial charge in [-0.15, -0.1) is 0 Å². The van der Waals surface area contributed by atoms with E-state index in [4.69, 9.17) is 4.74 Å². The van der Waals surface area contributed by atoms with Crippen molar-refractivity contribution in [2.45, 2.75) is 32.6 Å². The number of rotatable bonds is 6. The van der Waals surface area contributed by atoms with Crippen LogP contribution >= 0.6 is 0 Å². The summed E-state index contributed by atoms with van der Waals surface area (Å²) >= 11 is 0. The number of hydrogen-bond donors (Lipinski definition) is 0. The molecule has 1 aliphatic rings. The molecule has 24 heavy (non-hydrogen) atoms. The molecule has 3 rings (SSSR count). The Hall–Kier alpha value is -1.94. The second-order valence-corrected chi connectivity index (χ2v) is 6.61. The first-order valence-corrected chi connectivity index (χ1v) is 9.01. The van der Waals surface area contributed by atoms with E-state index in [-0.39, 0.29) is 5.97 Å². The molecule has 4 heteroatoms. The van der Waals surface area contributed by atoms with Gasteiger partial charge in [-0.3, -0.25) is 4.98 Å². The molecule has 0 amide bonds. The first kappa shape index (κ1) is 16.9. The highest BCUT2D eigenvalue weighted by Crippen LogP contribution is 2.20. The molecule has 1 saturated heterocycles. The van der Waals surface area contributed by atoms with E-state index < -0.39 is 0 Å². The zero-order valence-corrected chi connectivity index (χ0v) is 14.4. The summed E-state index contributed by atoms with van der Waals surface area (Å²) < 4.78 is 5.61. The fourth-order valence-electron chi connectivity index (χ4n) is 3.30. The largest absolute Gasteiger partial charge is 0.462 e. The maximum absolute atomic E-state index is 12.4. The van der Waals surface area contributed by atoms with Crippen molar-refractivity contribution >= 4 is 16.9 Å². The Morgan fingerprint density at radius 3 is 2.83 bits per heavy atom. The van der Waals surface area contributed by atoms with Crippen LogP contribution in [0.1, 0.15) is 43.0 Å². The van der Waals surface area contributed by atoms with Gasteiger partial charge >= 0.3 is 5.97 Å². The van der Waals surface area contributed by atoms with Gasteiger partial charge in [-0.1, -0.05) is 31.5 Å². The number of aromatic nitrogens is 1. The molecule has 1 aromatic heterocycles. The van der Waals surface area contributed by atoms with Gasteiger partial charge in [-0.05, 0) is 56.9 Å². The molecule has 0 N–H and O–H groups in total. The van der Waals surface area contributed by atoms with Gasteiger partial charge in [0.15, 0.2) is 0 Å². The van der Waals surface area contributed by atoms with Crippen molar-refractivity contribution in [1.82, 2.24) is 9.88 Å². The minimum absolute atomic E-state index is 0.234. The van der Waals surface area contributed by atoms with Crippen molar-refractivity contribution in [3.63, 3.8) is 0 Å². The predicted molar refractivity (Wildman–Crippen MR) is 96.1 cm³/mol. The number of likely N-dealkylation sites (tertiary alicyclic amines) is 1. The van der Waals surface area contributed by atoms with Gasteiger partial charge < -0.3 is 9.64 Å². The average molecular weight is 326 g/mol. The summed E-state index contributed by atoms with van der Waals surface area (Å²) in [6.45, 7) is 6.21. The van der Waals surface area contributed by atoms with E-state index in [0.29, 0.717) is 18.1 Å². The van der Waals surface area contributed by atoms with Gasteiger partial charge in [0.25, 0.3) is 0 Å². The first-order chi connectivity index (χ1) is 11.8. The molecule has 0 spiro atoms. The third-order valence-corrected chi connectivity index (χ3v) is 4.85. The lowest BCUT2D eigenvalue weighted by molar-refractivity contribution is 0.0374. The third kappa shape index (κ3) is 4.12. The second kappa shape index (κ2) is 8.25. The molecular weight excluding hydrogens is 300 g/mol. The van der Waals surface area contributed by atoms with Crippen molar-refractivity contribution < 1.29 is 9.53 Å². The van der Waals surface area contributed by atoms with E-state index >= 15 is 0 Å². The summed E-state index contributed by atoms with van der Waals surface area (Å²) in [6.07, 6.45) is 6.43. The van der Waals surface area contributed by atoms with Crippen LogP contribution in [0.25, 0.3) is 10.9 Å². The summed E-state index contributed by atoms with van der Waals surface area (Å²) in [5.74, 6) is 0.252. The van der Waals surface area contributed by atoms with Crippen molar-refractivity contribution in [1.29, 1.82) is 0 Å². The number of unbranched alkanes of at least 4 members (excludes halogenated alkanes) is 1. The molecule has 1 fully saturated rings. The molecule has 1 aromatic carbocycles. The summed E-state index contributed by atoms with van der Waals surface area (Å²) in [5.41, 5.74) is 1.44. The lowest BCUT2D eigenvalue weighted by Gasteiger charge is -2.31. The minimum atomic E-state index is -0.234. The van der Waals surface area contributed by atoms with Crippen LogP contribution in [0.15, 0.2) is 36.5 Å². The molecule has 2 aromatic rings. The van der Waals surface area contributed by atoms with E-state index in [0.717, 1.165) is 36.8 Å². The standard InChI is InChI=1S/C20H26N2O2/c1-2-3-12-22-13-9-16(10-14-22)15-24-20(23)18-8-11-21-19-7-5-4-6-17(18)19/h4-8,11,16H,2-3,9-10,12-15H2,1H3. The molecule has 2 heterocycles.